The zero-order valence-electron chi connectivity index (χ0n) is 10.8. The number of halogens is 3. The fraction of sp³-hybridized carbons (Fsp3) is 0.364. The lowest BCUT2D eigenvalue weighted by Crippen LogP contribution is -2.30. The molecule has 0 heterocycles. The predicted octanol–water partition coefficient (Wildman–Crippen LogP) is 1.43. The minimum absolute atomic E-state index is 0.0788. The van der Waals surface area contributed by atoms with Gasteiger partial charge in [0.25, 0.3) is 0 Å². The number of alkyl halides is 3. The highest BCUT2D eigenvalue weighted by molar-refractivity contribution is 7.89. The third kappa shape index (κ3) is 6.00. The van der Waals surface area contributed by atoms with Gasteiger partial charge >= 0.3 is 12.3 Å². The zero-order chi connectivity index (χ0) is 16.1. The summed E-state index contributed by atoms with van der Waals surface area (Å²) in [5, 5.41) is 0. The predicted molar refractivity (Wildman–Crippen MR) is 64.9 cm³/mol. The molecule has 0 aliphatic heterocycles. The van der Waals surface area contributed by atoms with Crippen LogP contribution in [0.2, 0.25) is 0 Å². The average Bonchev–Trinajstić information content (AvgIpc) is 2.35. The van der Waals surface area contributed by atoms with Crippen LogP contribution in [0.4, 0.5) is 13.2 Å². The van der Waals surface area contributed by atoms with Crippen molar-refractivity contribution in [2.45, 2.75) is 18.2 Å². The Kier molecular flexibility index (Phi) is 5.55. The smallest absolute Gasteiger partial charge is 0.465 e. The third-order valence-corrected chi connectivity index (χ3v) is 3.46. The van der Waals surface area contributed by atoms with Crippen LogP contribution >= 0.6 is 0 Å². The van der Waals surface area contributed by atoms with Crippen LogP contribution in [0.15, 0.2) is 29.2 Å². The minimum atomic E-state index is -4.93. The Morgan fingerprint density at radius 2 is 2.00 bits per heavy atom. The van der Waals surface area contributed by atoms with Crippen molar-refractivity contribution in [3.63, 3.8) is 0 Å². The van der Waals surface area contributed by atoms with Crippen molar-refractivity contribution in [2.75, 3.05) is 13.2 Å². The van der Waals surface area contributed by atoms with E-state index >= 15 is 0 Å². The van der Waals surface area contributed by atoms with Gasteiger partial charge in [-0.05, 0) is 19.1 Å². The Morgan fingerprint density at radius 1 is 1.33 bits per heavy atom. The van der Waals surface area contributed by atoms with Crippen molar-refractivity contribution in [3.05, 3.63) is 24.3 Å². The van der Waals surface area contributed by atoms with E-state index in [0.717, 1.165) is 18.2 Å². The number of benzene rings is 1. The Labute approximate surface area is 118 Å². The van der Waals surface area contributed by atoms with Crippen LogP contribution in [0.3, 0.4) is 0 Å². The van der Waals surface area contributed by atoms with Gasteiger partial charge in [0, 0.05) is 6.07 Å². The molecule has 0 amide bonds. The van der Waals surface area contributed by atoms with E-state index in [4.69, 9.17) is 0 Å². The van der Waals surface area contributed by atoms with Crippen molar-refractivity contribution in [1.82, 2.24) is 4.72 Å². The van der Waals surface area contributed by atoms with Gasteiger partial charge in [0.2, 0.25) is 10.0 Å². The lowest BCUT2D eigenvalue weighted by atomic mass is 10.3. The molecule has 21 heavy (non-hydrogen) atoms. The fourth-order valence-electron chi connectivity index (χ4n) is 1.29. The summed E-state index contributed by atoms with van der Waals surface area (Å²) in [4.78, 5) is 10.6. The van der Waals surface area contributed by atoms with Crippen molar-refractivity contribution < 1.29 is 35.9 Å². The zero-order valence-corrected chi connectivity index (χ0v) is 11.6. The second-order valence-corrected chi connectivity index (χ2v) is 5.42. The summed E-state index contributed by atoms with van der Waals surface area (Å²) in [6.45, 7) is 1.00. The largest absolute Gasteiger partial charge is 0.573 e. The molecule has 0 unspecified atom stereocenters. The SMILES string of the molecule is CCOC(=O)CNS(=O)(=O)c1cccc(OC(F)(F)F)c1. The molecule has 0 bridgehead atoms. The number of hydrogen-bond donors (Lipinski definition) is 1. The third-order valence-electron chi connectivity index (χ3n) is 2.06. The molecule has 0 atom stereocenters. The Bertz CT molecular complexity index is 600. The average molecular weight is 327 g/mol. The first-order valence-electron chi connectivity index (χ1n) is 5.65. The number of rotatable bonds is 6. The first-order chi connectivity index (χ1) is 9.64. The van der Waals surface area contributed by atoms with Crippen LogP contribution < -0.4 is 9.46 Å². The Morgan fingerprint density at radius 3 is 2.57 bits per heavy atom. The van der Waals surface area contributed by atoms with Gasteiger partial charge in [-0.25, -0.2) is 8.42 Å². The monoisotopic (exact) mass is 327 g/mol. The topological polar surface area (TPSA) is 81.7 Å². The summed E-state index contributed by atoms with van der Waals surface area (Å²) < 4.78 is 69.8. The van der Waals surface area contributed by atoms with Crippen molar-refractivity contribution >= 4 is 16.0 Å². The van der Waals surface area contributed by atoms with E-state index < -0.39 is 39.5 Å². The Balaban J connectivity index is 2.84. The standard InChI is InChI=1S/C11H12F3NO5S/c1-2-19-10(16)7-15-21(17,18)9-5-3-4-8(6-9)20-11(12,13)14/h3-6,15H,2,7H2,1H3. The maximum Gasteiger partial charge on any atom is 0.573 e. The number of carbonyl (C=O) groups is 1. The van der Waals surface area contributed by atoms with E-state index in [1.54, 1.807) is 6.92 Å². The highest BCUT2D eigenvalue weighted by Crippen LogP contribution is 2.24. The molecule has 0 saturated carbocycles. The van der Waals surface area contributed by atoms with Gasteiger partial charge < -0.3 is 9.47 Å². The van der Waals surface area contributed by atoms with Gasteiger partial charge in [-0.15, -0.1) is 13.2 Å². The van der Waals surface area contributed by atoms with Gasteiger partial charge in [0.05, 0.1) is 11.5 Å². The number of esters is 1. The van der Waals surface area contributed by atoms with Gasteiger partial charge in [-0.3, -0.25) is 4.79 Å². The lowest BCUT2D eigenvalue weighted by Gasteiger charge is -2.10. The van der Waals surface area contributed by atoms with Crippen LogP contribution in [-0.4, -0.2) is 33.9 Å². The first-order valence-corrected chi connectivity index (χ1v) is 7.13. The summed E-state index contributed by atoms with van der Waals surface area (Å²) in [5.74, 6) is -1.48. The van der Waals surface area contributed by atoms with Gasteiger partial charge in [0.1, 0.15) is 12.3 Å². The highest BCUT2D eigenvalue weighted by atomic mass is 32.2. The quantitative estimate of drug-likeness (QED) is 0.799. The molecule has 0 aromatic heterocycles. The molecule has 0 radical (unpaired) electrons. The number of sulfonamides is 1. The molecule has 10 heteroatoms. The van der Waals surface area contributed by atoms with E-state index in [1.807, 2.05) is 4.72 Å². The highest BCUT2D eigenvalue weighted by Gasteiger charge is 2.31. The van der Waals surface area contributed by atoms with E-state index in [1.165, 1.54) is 0 Å². The summed E-state index contributed by atoms with van der Waals surface area (Å²) in [5.41, 5.74) is 0. The van der Waals surface area contributed by atoms with Crippen LogP contribution in [-0.2, 0) is 19.6 Å². The Hall–Kier alpha value is -1.81. The molecular weight excluding hydrogens is 315 g/mol. The first kappa shape index (κ1) is 17.2. The molecule has 0 fully saturated rings. The van der Waals surface area contributed by atoms with E-state index in [9.17, 15) is 26.4 Å². The summed E-state index contributed by atoms with van der Waals surface area (Å²) in [6, 6.07) is 3.80. The van der Waals surface area contributed by atoms with E-state index in [-0.39, 0.29) is 6.61 Å². The van der Waals surface area contributed by atoms with Crippen molar-refractivity contribution in [2.24, 2.45) is 0 Å². The van der Waals surface area contributed by atoms with Gasteiger partial charge in [-0.1, -0.05) is 6.07 Å². The summed E-state index contributed by atoms with van der Waals surface area (Å²) in [7, 11) is -4.15. The summed E-state index contributed by atoms with van der Waals surface area (Å²) >= 11 is 0. The molecule has 0 aliphatic carbocycles. The molecule has 6 nitrogen and oxygen atoms in total. The molecule has 1 aromatic rings. The second kappa shape index (κ2) is 6.76. The number of ether oxygens (including phenoxy) is 2. The number of carbonyl (C=O) groups excluding carboxylic acids is 1. The van der Waals surface area contributed by atoms with E-state index in [0.29, 0.717) is 6.07 Å². The second-order valence-electron chi connectivity index (χ2n) is 3.65. The summed E-state index contributed by atoms with van der Waals surface area (Å²) in [6.07, 6.45) is -4.93. The molecule has 0 saturated heterocycles. The maximum absolute atomic E-state index is 12.1. The van der Waals surface area contributed by atoms with Crippen molar-refractivity contribution in [1.29, 1.82) is 0 Å². The molecule has 1 rings (SSSR count). The normalized spacial score (nSPS) is 12.0. The molecule has 1 N–H and O–H groups in total. The van der Waals surface area contributed by atoms with Crippen molar-refractivity contribution in [3.8, 4) is 5.75 Å². The van der Waals surface area contributed by atoms with Crippen LogP contribution in [0, 0.1) is 0 Å². The van der Waals surface area contributed by atoms with E-state index in [2.05, 4.69) is 9.47 Å². The van der Waals surface area contributed by atoms with Gasteiger partial charge in [-0.2, -0.15) is 4.72 Å². The maximum atomic E-state index is 12.1. The fourth-order valence-corrected chi connectivity index (χ4v) is 2.29. The van der Waals surface area contributed by atoms with Crippen LogP contribution in [0.1, 0.15) is 6.92 Å². The number of hydrogen-bond acceptors (Lipinski definition) is 5. The van der Waals surface area contributed by atoms with Crippen LogP contribution in [0.5, 0.6) is 5.75 Å². The van der Waals surface area contributed by atoms with Crippen LogP contribution in [0.25, 0.3) is 0 Å². The molecule has 1 aromatic carbocycles. The molecular formula is C11H12F3NO5S. The molecule has 0 spiro atoms. The minimum Gasteiger partial charge on any atom is -0.465 e. The number of nitrogens with one attached hydrogen (secondary N) is 1. The molecule has 118 valence electrons. The lowest BCUT2D eigenvalue weighted by molar-refractivity contribution is -0.274. The molecule has 0 aliphatic rings. The van der Waals surface area contributed by atoms with Gasteiger partial charge in [0.15, 0.2) is 0 Å².